The molecule has 2 aliphatic rings. The van der Waals surface area contributed by atoms with Crippen molar-refractivity contribution in [2.45, 2.75) is 18.6 Å². The van der Waals surface area contributed by atoms with Crippen LogP contribution < -0.4 is 0 Å². The third kappa shape index (κ3) is 3.29. The van der Waals surface area contributed by atoms with Gasteiger partial charge in [-0.2, -0.15) is 0 Å². The summed E-state index contributed by atoms with van der Waals surface area (Å²) < 4.78 is 11.1. The SMILES string of the molecule is c1cc(C2=N[C@@H]3c4ccccc4C[C@@H]3O2)cc(-n2c3ccccc3c3ccc(-n4c5ccccc5c5cccnc54)cc32)c1. The van der Waals surface area contributed by atoms with E-state index in [9.17, 15) is 0 Å². The number of aliphatic imine (C=N–C) groups is 1. The van der Waals surface area contributed by atoms with Crippen molar-refractivity contribution in [3.05, 3.63) is 150 Å². The number of hydrogen-bond acceptors (Lipinski definition) is 3. The van der Waals surface area contributed by atoms with Crippen molar-refractivity contribution in [3.8, 4) is 11.4 Å². The van der Waals surface area contributed by atoms with E-state index in [0.717, 1.165) is 56.8 Å². The zero-order valence-corrected chi connectivity index (χ0v) is 23.8. The average molecular weight is 567 g/mol. The van der Waals surface area contributed by atoms with Crippen LogP contribution in [0.4, 0.5) is 0 Å². The predicted molar refractivity (Wildman–Crippen MR) is 177 cm³/mol. The van der Waals surface area contributed by atoms with Crippen molar-refractivity contribution in [1.82, 2.24) is 14.1 Å². The van der Waals surface area contributed by atoms with Crippen LogP contribution in [-0.4, -0.2) is 26.1 Å². The summed E-state index contributed by atoms with van der Waals surface area (Å²) in [6, 6.07) is 45.4. The maximum absolute atomic E-state index is 6.48. The fourth-order valence-corrected chi connectivity index (χ4v) is 7.45. The van der Waals surface area contributed by atoms with E-state index in [0.29, 0.717) is 0 Å². The van der Waals surface area contributed by atoms with E-state index in [1.54, 1.807) is 0 Å². The molecule has 5 heteroatoms. The first-order valence-electron chi connectivity index (χ1n) is 15.1. The molecule has 0 N–H and O–H groups in total. The van der Waals surface area contributed by atoms with Gasteiger partial charge >= 0.3 is 0 Å². The van der Waals surface area contributed by atoms with Gasteiger partial charge in [0.05, 0.1) is 16.6 Å². The Morgan fingerprint density at radius 1 is 0.591 bits per heavy atom. The Morgan fingerprint density at radius 2 is 1.32 bits per heavy atom. The van der Waals surface area contributed by atoms with Gasteiger partial charge in [-0.05, 0) is 65.7 Å². The molecule has 0 bridgehead atoms. The third-order valence-corrected chi connectivity index (χ3v) is 9.37. The van der Waals surface area contributed by atoms with Crippen LogP contribution in [0.15, 0.2) is 139 Å². The molecule has 44 heavy (non-hydrogen) atoms. The smallest absolute Gasteiger partial charge is 0.217 e. The first-order valence-corrected chi connectivity index (χ1v) is 15.1. The first kappa shape index (κ1) is 23.8. The lowest BCUT2D eigenvalue weighted by molar-refractivity contribution is 0.206. The standard InChI is InChI=1S/C39H26N4O/c1-2-12-28-24(9-1)22-36-37(28)41-39(44-36)25-10-7-11-26(21-25)42-33-16-5-3-13-29(33)31-19-18-27(23-35(31)42)43-34-17-6-4-14-30(34)32-15-8-20-40-38(32)43/h1-21,23,36-37H,22H2/t36-,37+/m0/s1. The summed E-state index contributed by atoms with van der Waals surface area (Å²) in [5.41, 5.74) is 10.2. The molecule has 5 aromatic carbocycles. The van der Waals surface area contributed by atoms with Gasteiger partial charge in [0.15, 0.2) is 0 Å². The lowest BCUT2D eigenvalue weighted by Gasteiger charge is -2.13. The van der Waals surface area contributed by atoms with E-state index in [1.807, 2.05) is 12.3 Å². The summed E-state index contributed by atoms with van der Waals surface area (Å²) in [4.78, 5) is 9.91. The Kier molecular flexibility index (Phi) is 4.83. The van der Waals surface area contributed by atoms with E-state index in [1.165, 1.54) is 27.3 Å². The van der Waals surface area contributed by atoms with Crippen molar-refractivity contribution in [1.29, 1.82) is 0 Å². The van der Waals surface area contributed by atoms with Crippen molar-refractivity contribution in [2.75, 3.05) is 0 Å². The van der Waals surface area contributed by atoms with Gasteiger partial charge in [0.1, 0.15) is 17.8 Å². The van der Waals surface area contributed by atoms with Crippen LogP contribution in [0.1, 0.15) is 22.7 Å². The minimum absolute atomic E-state index is 0.0699. The fraction of sp³-hybridized carbons (Fsp3) is 0.0769. The maximum Gasteiger partial charge on any atom is 0.217 e. The molecule has 0 saturated carbocycles. The van der Waals surface area contributed by atoms with E-state index >= 15 is 0 Å². The average Bonchev–Trinajstić information content (AvgIpc) is 3.82. The number of aromatic nitrogens is 3. The second-order valence-corrected chi connectivity index (χ2v) is 11.8. The van der Waals surface area contributed by atoms with Gasteiger partial charge in [-0.15, -0.1) is 0 Å². The second-order valence-electron chi connectivity index (χ2n) is 11.8. The van der Waals surface area contributed by atoms with Crippen LogP contribution in [0.3, 0.4) is 0 Å². The van der Waals surface area contributed by atoms with Crippen LogP contribution in [0, 0.1) is 0 Å². The summed E-state index contributed by atoms with van der Waals surface area (Å²) >= 11 is 0. The summed E-state index contributed by atoms with van der Waals surface area (Å²) in [6.45, 7) is 0. The molecule has 0 amide bonds. The third-order valence-electron chi connectivity index (χ3n) is 9.37. The van der Waals surface area contributed by atoms with E-state index < -0.39 is 0 Å². The van der Waals surface area contributed by atoms with Crippen LogP contribution in [0.5, 0.6) is 0 Å². The monoisotopic (exact) mass is 566 g/mol. The fourth-order valence-electron chi connectivity index (χ4n) is 7.45. The van der Waals surface area contributed by atoms with E-state index in [2.05, 4.69) is 130 Å². The topological polar surface area (TPSA) is 44.3 Å². The molecule has 10 rings (SSSR count). The lowest BCUT2D eigenvalue weighted by Crippen LogP contribution is -2.13. The van der Waals surface area contributed by atoms with Gasteiger partial charge in [-0.25, -0.2) is 9.98 Å². The van der Waals surface area contributed by atoms with Gasteiger partial charge < -0.3 is 9.30 Å². The van der Waals surface area contributed by atoms with Crippen molar-refractivity contribution in [2.24, 2.45) is 4.99 Å². The first-order chi connectivity index (χ1) is 21.8. The maximum atomic E-state index is 6.48. The largest absolute Gasteiger partial charge is 0.471 e. The summed E-state index contributed by atoms with van der Waals surface area (Å²) in [5, 5.41) is 4.79. The summed E-state index contributed by atoms with van der Waals surface area (Å²) in [7, 11) is 0. The zero-order valence-electron chi connectivity index (χ0n) is 23.8. The quantitative estimate of drug-likeness (QED) is 0.215. The molecule has 208 valence electrons. The molecule has 3 aromatic heterocycles. The molecular weight excluding hydrogens is 540 g/mol. The van der Waals surface area contributed by atoms with Gasteiger partial charge in [-0.3, -0.25) is 4.57 Å². The number of para-hydroxylation sites is 2. The number of ether oxygens (including phenoxy) is 1. The number of benzene rings is 5. The highest BCUT2D eigenvalue weighted by atomic mass is 16.5. The number of hydrogen-bond donors (Lipinski definition) is 0. The van der Waals surface area contributed by atoms with Crippen molar-refractivity contribution >= 4 is 49.6 Å². The molecule has 1 aliphatic carbocycles. The highest BCUT2D eigenvalue weighted by molar-refractivity contribution is 6.11. The molecule has 4 heterocycles. The Labute approximate surface area is 253 Å². The summed E-state index contributed by atoms with van der Waals surface area (Å²) in [6.07, 6.45) is 2.85. The van der Waals surface area contributed by atoms with Crippen molar-refractivity contribution in [3.63, 3.8) is 0 Å². The van der Waals surface area contributed by atoms with Gasteiger partial charge in [0.25, 0.3) is 0 Å². The predicted octanol–water partition coefficient (Wildman–Crippen LogP) is 8.72. The van der Waals surface area contributed by atoms with E-state index in [4.69, 9.17) is 14.7 Å². The normalized spacial score (nSPS) is 17.3. The molecule has 2 atom stereocenters. The van der Waals surface area contributed by atoms with Crippen LogP contribution in [0.2, 0.25) is 0 Å². The number of rotatable bonds is 3. The highest BCUT2D eigenvalue weighted by Crippen LogP contribution is 2.41. The summed E-state index contributed by atoms with van der Waals surface area (Å²) in [5.74, 6) is 0.731. The highest BCUT2D eigenvalue weighted by Gasteiger charge is 2.39. The molecule has 0 saturated heterocycles. The minimum atomic E-state index is 0.0699. The van der Waals surface area contributed by atoms with Crippen LogP contribution in [-0.2, 0) is 11.2 Å². The zero-order chi connectivity index (χ0) is 28.8. The molecule has 0 spiro atoms. The van der Waals surface area contributed by atoms with E-state index in [-0.39, 0.29) is 12.1 Å². The minimum Gasteiger partial charge on any atom is -0.471 e. The molecule has 5 nitrogen and oxygen atoms in total. The number of pyridine rings is 1. The second kappa shape index (κ2) is 8.91. The molecule has 1 aliphatic heterocycles. The Balaban J connectivity index is 1.17. The molecular formula is C39H26N4O. The van der Waals surface area contributed by atoms with Crippen LogP contribution >= 0.6 is 0 Å². The van der Waals surface area contributed by atoms with Gasteiger partial charge in [-0.1, -0.05) is 72.8 Å². The van der Waals surface area contributed by atoms with Crippen molar-refractivity contribution < 1.29 is 4.74 Å². The molecule has 0 unspecified atom stereocenters. The number of nitrogens with zero attached hydrogens (tertiary/aromatic N) is 4. The van der Waals surface area contributed by atoms with Gasteiger partial charge in [0.2, 0.25) is 5.90 Å². The lowest BCUT2D eigenvalue weighted by atomic mass is 10.1. The Bertz CT molecular complexity index is 2430. The Morgan fingerprint density at radius 3 is 2.23 bits per heavy atom. The molecule has 0 radical (unpaired) electrons. The number of fused-ring (bicyclic) bond motifs is 9. The van der Waals surface area contributed by atoms with Gasteiger partial charge in [0, 0.05) is 51.1 Å². The Hall–Kier alpha value is -5.68. The van der Waals surface area contributed by atoms with Crippen LogP contribution in [0.25, 0.3) is 55.1 Å². The molecule has 8 aromatic rings. The molecule has 0 fully saturated rings.